The molecule has 1 fully saturated rings. The van der Waals surface area contributed by atoms with Crippen molar-refractivity contribution < 1.29 is 8.42 Å². The molecule has 0 aromatic heterocycles. The molecule has 4 nitrogen and oxygen atoms in total. The molecule has 1 saturated heterocycles. The third kappa shape index (κ3) is 3.55. The average Bonchev–Trinajstić information content (AvgIpc) is 2.92. The summed E-state index contributed by atoms with van der Waals surface area (Å²) < 4.78 is 27.7. The van der Waals surface area contributed by atoms with Crippen LogP contribution < -0.4 is 10.5 Å². The third-order valence-electron chi connectivity index (χ3n) is 3.79. The van der Waals surface area contributed by atoms with Crippen LogP contribution in [0.2, 0.25) is 0 Å². The first-order valence-electron chi connectivity index (χ1n) is 6.81. The lowest BCUT2D eigenvalue weighted by Crippen LogP contribution is -2.30. The van der Waals surface area contributed by atoms with Crippen molar-refractivity contribution in [3.63, 3.8) is 0 Å². The maximum absolute atomic E-state index is 12.5. The Morgan fingerprint density at radius 3 is 2.75 bits per heavy atom. The zero-order valence-electron chi connectivity index (χ0n) is 12.0. The maximum Gasteiger partial charge on any atom is 0.240 e. The quantitative estimate of drug-likeness (QED) is 0.869. The summed E-state index contributed by atoms with van der Waals surface area (Å²) in [4.78, 5) is 0.364. The van der Waals surface area contributed by atoms with Gasteiger partial charge < -0.3 is 5.73 Å². The summed E-state index contributed by atoms with van der Waals surface area (Å²) in [6.07, 6.45) is 1.09. The minimum absolute atomic E-state index is 0.350. The smallest absolute Gasteiger partial charge is 0.240 e. The van der Waals surface area contributed by atoms with Crippen molar-refractivity contribution >= 4 is 21.8 Å². The van der Waals surface area contributed by atoms with Crippen molar-refractivity contribution in [1.29, 1.82) is 0 Å². The normalized spacial score (nSPS) is 19.4. The van der Waals surface area contributed by atoms with Crippen LogP contribution in [0.1, 0.15) is 23.1 Å². The van der Waals surface area contributed by atoms with Gasteiger partial charge in [0, 0.05) is 13.1 Å². The maximum atomic E-state index is 12.5. The summed E-state index contributed by atoms with van der Waals surface area (Å²) >= 11 is 1.89. The summed E-state index contributed by atoms with van der Waals surface area (Å²) in [5.41, 5.74) is 8.25. The molecule has 0 radical (unpaired) electrons. The van der Waals surface area contributed by atoms with Crippen molar-refractivity contribution in [3.8, 4) is 0 Å². The van der Waals surface area contributed by atoms with Gasteiger partial charge in [0.2, 0.25) is 10.0 Å². The molecule has 1 aromatic rings. The van der Waals surface area contributed by atoms with E-state index in [4.69, 9.17) is 5.73 Å². The number of nitrogens with two attached hydrogens (primary N) is 1. The van der Waals surface area contributed by atoms with Crippen LogP contribution in [0.5, 0.6) is 0 Å². The van der Waals surface area contributed by atoms with Gasteiger partial charge in [0.15, 0.2) is 0 Å². The molecule has 1 unspecified atom stereocenters. The molecule has 112 valence electrons. The molecule has 0 saturated carbocycles. The number of rotatable bonds is 5. The van der Waals surface area contributed by atoms with Gasteiger partial charge in [-0.15, -0.1) is 0 Å². The molecule has 1 atom stereocenters. The van der Waals surface area contributed by atoms with Crippen LogP contribution in [0, 0.1) is 19.8 Å². The topological polar surface area (TPSA) is 72.2 Å². The first-order valence-corrected chi connectivity index (χ1v) is 9.45. The highest BCUT2D eigenvalue weighted by atomic mass is 32.2. The van der Waals surface area contributed by atoms with Crippen LogP contribution in [0.25, 0.3) is 0 Å². The van der Waals surface area contributed by atoms with E-state index in [9.17, 15) is 8.42 Å². The van der Waals surface area contributed by atoms with Crippen molar-refractivity contribution in [3.05, 3.63) is 28.8 Å². The van der Waals surface area contributed by atoms with E-state index in [1.807, 2.05) is 31.7 Å². The van der Waals surface area contributed by atoms with E-state index in [0.717, 1.165) is 34.6 Å². The summed E-state index contributed by atoms with van der Waals surface area (Å²) in [5, 5.41) is 0. The molecule has 0 aliphatic carbocycles. The minimum atomic E-state index is -3.45. The van der Waals surface area contributed by atoms with Gasteiger partial charge in [-0.1, -0.05) is 6.07 Å². The molecule has 0 bridgehead atoms. The Kier molecular flexibility index (Phi) is 5.12. The van der Waals surface area contributed by atoms with Gasteiger partial charge in [0.05, 0.1) is 4.90 Å². The Bertz CT molecular complexity index is 579. The number of thioether (sulfide) groups is 1. The van der Waals surface area contributed by atoms with Gasteiger partial charge in [-0.05, 0) is 60.4 Å². The molecule has 0 spiro atoms. The SMILES string of the molecule is Cc1cc(CN)cc(S(=O)(=O)NCC2CCSC2)c1C. The van der Waals surface area contributed by atoms with Gasteiger partial charge in [0.1, 0.15) is 0 Å². The van der Waals surface area contributed by atoms with E-state index in [2.05, 4.69) is 4.72 Å². The minimum Gasteiger partial charge on any atom is -0.326 e. The molecule has 1 aliphatic heterocycles. The van der Waals surface area contributed by atoms with E-state index in [1.165, 1.54) is 0 Å². The predicted octanol–water partition coefficient (Wildman–Crippen LogP) is 1.79. The molecule has 6 heteroatoms. The fourth-order valence-corrected chi connectivity index (χ4v) is 5.11. The second kappa shape index (κ2) is 6.47. The van der Waals surface area contributed by atoms with Crippen LogP contribution in [-0.4, -0.2) is 26.5 Å². The standard InChI is InChI=1S/C14H22N2O2S2/c1-10-5-13(7-15)6-14(11(10)2)20(17,18)16-8-12-3-4-19-9-12/h5-6,12,16H,3-4,7-9,15H2,1-2H3. The first-order chi connectivity index (χ1) is 9.44. The molecule has 1 aliphatic rings. The molecular formula is C14H22N2O2S2. The van der Waals surface area contributed by atoms with E-state index in [-0.39, 0.29) is 0 Å². The van der Waals surface area contributed by atoms with Crippen molar-refractivity contribution in [2.75, 3.05) is 18.1 Å². The first kappa shape index (κ1) is 15.8. The Labute approximate surface area is 125 Å². The lowest BCUT2D eigenvalue weighted by atomic mass is 10.1. The summed E-state index contributed by atoms with van der Waals surface area (Å²) in [6, 6.07) is 3.63. The Morgan fingerprint density at radius 2 is 2.15 bits per heavy atom. The van der Waals surface area contributed by atoms with E-state index in [1.54, 1.807) is 6.07 Å². The van der Waals surface area contributed by atoms with Crippen LogP contribution >= 0.6 is 11.8 Å². The van der Waals surface area contributed by atoms with Gasteiger partial charge >= 0.3 is 0 Å². The molecule has 3 N–H and O–H groups in total. The predicted molar refractivity (Wildman–Crippen MR) is 84.4 cm³/mol. The van der Waals surface area contributed by atoms with E-state index < -0.39 is 10.0 Å². The van der Waals surface area contributed by atoms with Crippen molar-refractivity contribution in [1.82, 2.24) is 4.72 Å². The average molecular weight is 314 g/mol. The Morgan fingerprint density at radius 1 is 1.40 bits per heavy atom. The molecular weight excluding hydrogens is 292 g/mol. The lowest BCUT2D eigenvalue weighted by molar-refractivity contribution is 0.545. The number of sulfonamides is 1. The second-order valence-electron chi connectivity index (χ2n) is 5.32. The highest BCUT2D eigenvalue weighted by Gasteiger charge is 2.22. The molecule has 1 heterocycles. The lowest BCUT2D eigenvalue weighted by Gasteiger charge is -2.15. The molecule has 2 rings (SSSR count). The van der Waals surface area contributed by atoms with Crippen LogP contribution in [0.4, 0.5) is 0 Å². The number of benzene rings is 1. The highest BCUT2D eigenvalue weighted by Crippen LogP contribution is 2.24. The largest absolute Gasteiger partial charge is 0.326 e. The summed E-state index contributed by atoms with van der Waals surface area (Å²) in [7, 11) is -3.45. The highest BCUT2D eigenvalue weighted by molar-refractivity contribution is 7.99. The Hall–Kier alpha value is -0.560. The monoisotopic (exact) mass is 314 g/mol. The molecule has 0 amide bonds. The third-order valence-corrected chi connectivity index (χ3v) is 6.57. The summed E-state index contributed by atoms with van der Waals surface area (Å²) in [6.45, 7) is 4.64. The van der Waals surface area contributed by atoms with Crippen LogP contribution in [-0.2, 0) is 16.6 Å². The number of nitrogens with one attached hydrogen (secondary N) is 1. The van der Waals surface area contributed by atoms with Gasteiger partial charge in [-0.2, -0.15) is 11.8 Å². The molecule has 1 aromatic carbocycles. The zero-order valence-corrected chi connectivity index (χ0v) is 13.6. The van der Waals surface area contributed by atoms with Gasteiger partial charge in [-0.3, -0.25) is 0 Å². The van der Waals surface area contributed by atoms with E-state index in [0.29, 0.717) is 23.9 Å². The fourth-order valence-electron chi connectivity index (χ4n) is 2.35. The van der Waals surface area contributed by atoms with Gasteiger partial charge in [-0.25, -0.2) is 13.1 Å². The van der Waals surface area contributed by atoms with Crippen LogP contribution in [0.3, 0.4) is 0 Å². The van der Waals surface area contributed by atoms with Gasteiger partial charge in [0.25, 0.3) is 0 Å². The van der Waals surface area contributed by atoms with Crippen LogP contribution in [0.15, 0.2) is 17.0 Å². The number of aryl methyl sites for hydroxylation is 1. The second-order valence-corrected chi connectivity index (χ2v) is 8.21. The number of hydrogen-bond donors (Lipinski definition) is 2. The zero-order chi connectivity index (χ0) is 14.8. The van der Waals surface area contributed by atoms with Crippen molar-refractivity contribution in [2.24, 2.45) is 11.7 Å². The van der Waals surface area contributed by atoms with Crippen molar-refractivity contribution in [2.45, 2.75) is 31.7 Å². The molecule has 20 heavy (non-hydrogen) atoms. The number of hydrogen-bond acceptors (Lipinski definition) is 4. The summed E-state index contributed by atoms with van der Waals surface area (Å²) in [5.74, 6) is 2.63. The Balaban J connectivity index is 2.21. The van der Waals surface area contributed by atoms with E-state index >= 15 is 0 Å². The fraction of sp³-hybridized carbons (Fsp3) is 0.571.